The van der Waals surface area contributed by atoms with Crippen molar-refractivity contribution in [1.82, 2.24) is 5.43 Å². The summed E-state index contributed by atoms with van der Waals surface area (Å²) in [5.41, 5.74) is 4.67. The van der Waals surface area contributed by atoms with Gasteiger partial charge in [0.25, 0.3) is 0 Å². The molecule has 0 atom stereocenters. The van der Waals surface area contributed by atoms with Crippen molar-refractivity contribution in [3.05, 3.63) is 58.6 Å². The third kappa shape index (κ3) is 3.42. The van der Waals surface area contributed by atoms with Gasteiger partial charge in [-0.25, -0.2) is 0 Å². The number of methoxy groups -OCH3 is 1. The third-order valence-electron chi connectivity index (χ3n) is 2.75. The van der Waals surface area contributed by atoms with E-state index < -0.39 is 0 Å². The maximum absolute atomic E-state index is 9.77. The van der Waals surface area contributed by atoms with E-state index >= 15 is 0 Å². The number of rotatable bonds is 5. The van der Waals surface area contributed by atoms with E-state index in [0.717, 1.165) is 5.56 Å². The van der Waals surface area contributed by atoms with Crippen molar-refractivity contribution >= 4 is 17.8 Å². The molecule has 0 saturated heterocycles. The lowest BCUT2D eigenvalue weighted by molar-refractivity contribution is 0.373. The molecule has 20 heavy (non-hydrogen) atoms. The molecule has 0 bridgehead atoms. The molecule has 4 nitrogen and oxygen atoms in total. The van der Waals surface area contributed by atoms with Gasteiger partial charge in [0.2, 0.25) is 0 Å². The van der Waals surface area contributed by atoms with Gasteiger partial charge in [0.1, 0.15) is 0 Å². The van der Waals surface area contributed by atoms with E-state index in [1.165, 1.54) is 7.11 Å². The lowest BCUT2D eigenvalue weighted by Gasteiger charge is -2.06. The summed E-state index contributed by atoms with van der Waals surface area (Å²) >= 11 is 6.02. The first-order valence-corrected chi connectivity index (χ1v) is 6.45. The molecule has 0 radical (unpaired) electrons. The molecule has 5 heteroatoms. The van der Waals surface area contributed by atoms with Crippen LogP contribution in [-0.2, 0) is 6.54 Å². The van der Waals surface area contributed by atoms with E-state index in [9.17, 15) is 5.11 Å². The first kappa shape index (κ1) is 14.2. The summed E-state index contributed by atoms with van der Waals surface area (Å²) in [7, 11) is 1.47. The first-order valence-electron chi connectivity index (χ1n) is 6.07. The molecule has 0 aliphatic heterocycles. The number of nitrogens with one attached hydrogen (secondary N) is 1. The van der Waals surface area contributed by atoms with Crippen molar-refractivity contribution in [2.45, 2.75) is 6.54 Å². The fourth-order valence-corrected chi connectivity index (χ4v) is 1.88. The quantitative estimate of drug-likeness (QED) is 0.657. The highest BCUT2D eigenvalue weighted by Crippen LogP contribution is 2.35. The Morgan fingerprint density at radius 2 is 2.00 bits per heavy atom. The van der Waals surface area contributed by atoms with Crippen LogP contribution in [0, 0.1) is 0 Å². The molecule has 0 aliphatic rings. The molecule has 0 amide bonds. The molecule has 0 spiro atoms. The third-order valence-corrected chi connectivity index (χ3v) is 3.15. The van der Waals surface area contributed by atoms with Crippen molar-refractivity contribution in [2.75, 3.05) is 7.11 Å². The number of halogens is 1. The minimum atomic E-state index is -0.0822. The van der Waals surface area contributed by atoms with E-state index in [4.69, 9.17) is 16.3 Å². The summed E-state index contributed by atoms with van der Waals surface area (Å²) < 4.78 is 4.97. The van der Waals surface area contributed by atoms with Crippen molar-refractivity contribution in [3.63, 3.8) is 0 Å². The number of ether oxygens (including phenoxy) is 1. The monoisotopic (exact) mass is 290 g/mol. The van der Waals surface area contributed by atoms with Gasteiger partial charge >= 0.3 is 0 Å². The van der Waals surface area contributed by atoms with Crippen LogP contribution in [0.3, 0.4) is 0 Å². The number of benzene rings is 2. The van der Waals surface area contributed by atoms with Crippen LogP contribution in [0.4, 0.5) is 0 Å². The Bertz CT molecular complexity index is 600. The van der Waals surface area contributed by atoms with Crippen molar-refractivity contribution < 1.29 is 9.84 Å². The van der Waals surface area contributed by atoms with Crippen LogP contribution in [0.15, 0.2) is 47.6 Å². The Labute approximate surface area is 122 Å². The Morgan fingerprint density at radius 1 is 1.25 bits per heavy atom. The number of phenolic OH excluding ortho intramolecular Hbond substituents is 1. The Kier molecular flexibility index (Phi) is 4.85. The van der Waals surface area contributed by atoms with E-state index in [1.54, 1.807) is 18.3 Å². The molecule has 2 N–H and O–H groups in total. The average Bonchev–Trinajstić information content (AvgIpc) is 2.49. The van der Waals surface area contributed by atoms with Crippen LogP contribution >= 0.6 is 11.6 Å². The minimum Gasteiger partial charge on any atom is -0.503 e. The van der Waals surface area contributed by atoms with Gasteiger partial charge in [-0.2, -0.15) is 5.10 Å². The van der Waals surface area contributed by atoms with Crippen LogP contribution in [0.5, 0.6) is 11.5 Å². The summed E-state index contributed by atoms with van der Waals surface area (Å²) in [6.45, 7) is 0.622. The van der Waals surface area contributed by atoms with E-state index in [2.05, 4.69) is 10.5 Å². The summed E-state index contributed by atoms with van der Waals surface area (Å²) in [6, 6.07) is 13.3. The molecule has 104 valence electrons. The first-order chi connectivity index (χ1) is 9.72. The molecule has 0 saturated carbocycles. The summed E-state index contributed by atoms with van der Waals surface area (Å²) in [5.74, 6) is 0.255. The fourth-order valence-electron chi connectivity index (χ4n) is 1.67. The maximum Gasteiger partial charge on any atom is 0.177 e. The number of nitrogens with zero attached hydrogens (tertiary/aromatic N) is 1. The summed E-state index contributed by atoms with van der Waals surface area (Å²) in [4.78, 5) is 0. The van der Waals surface area contributed by atoms with Crippen molar-refractivity contribution in [2.24, 2.45) is 5.10 Å². The molecule has 0 heterocycles. The lowest BCUT2D eigenvalue weighted by atomic mass is 10.2. The van der Waals surface area contributed by atoms with Crippen LogP contribution < -0.4 is 10.2 Å². The highest BCUT2D eigenvalue weighted by Gasteiger charge is 2.09. The SMILES string of the molecule is COc1ccc(C=NNCc2ccccc2)c(Cl)c1O. The second-order valence-corrected chi connectivity index (χ2v) is 4.48. The highest BCUT2D eigenvalue weighted by atomic mass is 35.5. The fraction of sp³-hybridized carbons (Fsp3) is 0.133. The molecule has 2 aromatic rings. The molecular formula is C15H15ClN2O2. The number of hydrogen-bond donors (Lipinski definition) is 2. The highest BCUT2D eigenvalue weighted by molar-refractivity contribution is 6.34. The normalized spacial score (nSPS) is 10.7. The predicted octanol–water partition coefficient (Wildman–Crippen LogP) is 3.18. The van der Waals surface area contributed by atoms with Crippen LogP contribution in [0.2, 0.25) is 5.02 Å². The standard InChI is InChI=1S/C15H15ClN2O2/c1-20-13-8-7-12(14(16)15(13)19)10-18-17-9-11-5-3-2-4-6-11/h2-8,10,17,19H,9H2,1H3. The molecule has 0 aliphatic carbocycles. The van der Waals surface area contributed by atoms with Gasteiger partial charge in [-0.05, 0) is 17.7 Å². The van der Waals surface area contributed by atoms with Gasteiger partial charge < -0.3 is 15.3 Å². The second kappa shape index (κ2) is 6.82. The number of phenols is 1. The van der Waals surface area contributed by atoms with Gasteiger partial charge in [-0.15, -0.1) is 0 Å². The zero-order valence-corrected chi connectivity index (χ0v) is 11.8. The van der Waals surface area contributed by atoms with Crippen molar-refractivity contribution in [3.8, 4) is 11.5 Å². The second-order valence-electron chi connectivity index (χ2n) is 4.10. The Hall–Kier alpha value is -2.20. The number of hydrazone groups is 1. The van der Waals surface area contributed by atoms with Gasteiger partial charge in [-0.3, -0.25) is 0 Å². The lowest BCUT2D eigenvalue weighted by Crippen LogP contribution is -2.05. The Morgan fingerprint density at radius 3 is 2.70 bits per heavy atom. The molecular weight excluding hydrogens is 276 g/mol. The van der Waals surface area contributed by atoms with E-state index in [-0.39, 0.29) is 10.8 Å². The number of hydrogen-bond acceptors (Lipinski definition) is 4. The molecule has 2 rings (SSSR count). The average molecular weight is 291 g/mol. The minimum absolute atomic E-state index is 0.0822. The number of aromatic hydroxyl groups is 1. The predicted molar refractivity (Wildman–Crippen MR) is 80.5 cm³/mol. The van der Waals surface area contributed by atoms with E-state index in [1.807, 2.05) is 30.3 Å². The largest absolute Gasteiger partial charge is 0.503 e. The zero-order valence-electron chi connectivity index (χ0n) is 11.0. The summed E-state index contributed by atoms with van der Waals surface area (Å²) in [5, 5.41) is 14.1. The zero-order chi connectivity index (χ0) is 14.4. The molecule has 0 aromatic heterocycles. The van der Waals surface area contributed by atoms with Gasteiger partial charge in [0, 0.05) is 5.56 Å². The van der Waals surface area contributed by atoms with Crippen LogP contribution in [-0.4, -0.2) is 18.4 Å². The molecule has 0 fully saturated rings. The van der Waals surface area contributed by atoms with Gasteiger partial charge in [0.05, 0.1) is 24.9 Å². The Balaban J connectivity index is 2.00. The molecule has 2 aromatic carbocycles. The van der Waals surface area contributed by atoms with Crippen molar-refractivity contribution in [1.29, 1.82) is 0 Å². The van der Waals surface area contributed by atoms with Gasteiger partial charge in [-0.1, -0.05) is 41.9 Å². The van der Waals surface area contributed by atoms with Crippen LogP contribution in [0.1, 0.15) is 11.1 Å². The topological polar surface area (TPSA) is 53.8 Å². The molecule has 0 unspecified atom stereocenters. The van der Waals surface area contributed by atoms with Crippen LogP contribution in [0.25, 0.3) is 0 Å². The summed E-state index contributed by atoms with van der Waals surface area (Å²) in [6.07, 6.45) is 1.56. The van der Waals surface area contributed by atoms with E-state index in [0.29, 0.717) is 17.9 Å². The maximum atomic E-state index is 9.77. The smallest absolute Gasteiger partial charge is 0.177 e. The van der Waals surface area contributed by atoms with Gasteiger partial charge in [0.15, 0.2) is 11.5 Å².